The number of nitrogens with one attached hydrogen (secondary N) is 1. The van der Waals surface area contributed by atoms with Crippen LogP contribution in [0, 0.1) is 0 Å². The molecule has 2 rings (SSSR count). The molecule has 18 heavy (non-hydrogen) atoms. The lowest BCUT2D eigenvalue weighted by molar-refractivity contribution is -0.135. The number of carbonyl (C=O) groups is 3. The maximum Gasteiger partial charge on any atom is 0.295 e. The van der Waals surface area contributed by atoms with E-state index in [4.69, 9.17) is 0 Å². The van der Waals surface area contributed by atoms with Gasteiger partial charge < -0.3 is 0 Å². The summed E-state index contributed by atoms with van der Waals surface area (Å²) in [6.45, 7) is 6.25. The van der Waals surface area contributed by atoms with Crippen LogP contribution in [0.15, 0.2) is 24.3 Å². The van der Waals surface area contributed by atoms with Gasteiger partial charge in [-0.2, -0.15) is 0 Å². The third-order valence-corrected chi connectivity index (χ3v) is 3.09. The van der Waals surface area contributed by atoms with Crippen LogP contribution in [0.25, 0.3) is 0 Å². The number of carbonyl (C=O) groups excluding carboxylic acids is 3. The number of hydrogen-bond acceptors (Lipinski definition) is 3. The van der Waals surface area contributed by atoms with E-state index in [-0.39, 0.29) is 5.41 Å². The van der Waals surface area contributed by atoms with E-state index in [1.54, 1.807) is 12.1 Å². The molecule has 1 saturated heterocycles. The molecule has 1 aliphatic heterocycles. The third kappa shape index (κ3) is 2.06. The Bertz CT molecular complexity index is 523. The van der Waals surface area contributed by atoms with E-state index in [2.05, 4.69) is 20.8 Å². The van der Waals surface area contributed by atoms with Gasteiger partial charge in [-0.15, -0.1) is 0 Å². The van der Waals surface area contributed by atoms with E-state index in [0.29, 0.717) is 5.56 Å². The van der Waals surface area contributed by atoms with Crippen LogP contribution >= 0.6 is 0 Å². The summed E-state index contributed by atoms with van der Waals surface area (Å²) < 4.78 is 0. The number of imide groups is 1. The first-order valence-electron chi connectivity index (χ1n) is 5.80. The molecule has 0 unspecified atom stereocenters. The van der Waals surface area contributed by atoms with Crippen molar-refractivity contribution in [1.29, 1.82) is 0 Å². The molecule has 0 saturated carbocycles. The molecule has 1 N–H and O–H groups in total. The molecule has 1 aliphatic rings. The normalized spacial score (nSPS) is 20.2. The molecule has 0 aliphatic carbocycles. The summed E-state index contributed by atoms with van der Waals surface area (Å²) >= 11 is 0. The highest BCUT2D eigenvalue weighted by Gasteiger charge is 2.41. The van der Waals surface area contributed by atoms with Gasteiger partial charge >= 0.3 is 0 Å². The fourth-order valence-corrected chi connectivity index (χ4v) is 1.97. The second kappa shape index (κ2) is 4.05. The summed E-state index contributed by atoms with van der Waals surface area (Å²) in [6.07, 6.45) is 0. The lowest BCUT2D eigenvalue weighted by atomic mass is 9.85. The second-order valence-corrected chi connectivity index (χ2v) is 5.49. The molecule has 1 aromatic rings. The van der Waals surface area contributed by atoms with Crippen molar-refractivity contribution in [2.75, 3.05) is 0 Å². The summed E-state index contributed by atoms with van der Waals surface area (Å²) in [5.74, 6) is -3.01. The van der Waals surface area contributed by atoms with E-state index in [1.807, 2.05) is 17.4 Å². The molecule has 1 aromatic carbocycles. The number of benzene rings is 1. The van der Waals surface area contributed by atoms with Crippen LogP contribution in [0.1, 0.15) is 37.8 Å². The van der Waals surface area contributed by atoms with Gasteiger partial charge in [0, 0.05) is 0 Å². The van der Waals surface area contributed by atoms with E-state index in [0.717, 1.165) is 5.56 Å². The smallest absolute Gasteiger partial charge is 0.289 e. The summed E-state index contributed by atoms with van der Waals surface area (Å²) in [6, 6.07) is 7.25. The first-order valence-corrected chi connectivity index (χ1v) is 5.80. The maximum atomic E-state index is 11.6. The molecule has 0 spiro atoms. The highest BCUT2D eigenvalue weighted by atomic mass is 16.2. The first-order chi connectivity index (χ1) is 8.30. The van der Waals surface area contributed by atoms with Crippen molar-refractivity contribution in [3.05, 3.63) is 35.4 Å². The fraction of sp³-hybridized carbons (Fsp3) is 0.357. The second-order valence-electron chi connectivity index (χ2n) is 5.49. The quantitative estimate of drug-likeness (QED) is 0.460. The predicted octanol–water partition coefficient (Wildman–Crippen LogP) is 1.29. The zero-order valence-electron chi connectivity index (χ0n) is 10.6. The minimum atomic E-state index is -0.980. The highest BCUT2D eigenvalue weighted by molar-refractivity contribution is 6.50. The van der Waals surface area contributed by atoms with Crippen molar-refractivity contribution in [2.24, 2.45) is 0 Å². The number of rotatable bonds is 1. The minimum absolute atomic E-state index is 0.0102. The van der Waals surface area contributed by atoms with Gasteiger partial charge in [-0.25, -0.2) is 0 Å². The molecule has 2 amide bonds. The van der Waals surface area contributed by atoms with Gasteiger partial charge in [0.05, 0.1) is 0 Å². The Balaban J connectivity index is 2.33. The Morgan fingerprint density at radius 1 is 1.00 bits per heavy atom. The monoisotopic (exact) mass is 245 g/mol. The zero-order valence-corrected chi connectivity index (χ0v) is 10.6. The molecule has 4 heteroatoms. The number of Topliss-reactive ketones (excluding diaryl/α,β-unsaturated/α-hetero) is 1. The molecule has 4 nitrogen and oxygen atoms in total. The Morgan fingerprint density at radius 3 is 1.94 bits per heavy atom. The minimum Gasteiger partial charge on any atom is -0.289 e. The highest BCUT2D eigenvalue weighted by Crippen LogP contribution is 2.26. The molecule has 1 atom stereocenters. The lowest BCUT2D eigenvalue weighted by Gasteiger charge is -2.19. The summed E-state index contributed by atoms with van der Waals surface area (Å²) in [7, 11) is 0. The van der Waals surface area contributed by atoms with Crippen molar-refractivity contribution >= 4 is 17.6 Å². The molecular formula is C14H15NO3. The van der Waals surface area contributed by atoms with Crippen molar-refractivity contribution in [2.45, 2.75) is 32.1 Å². The Morgan fingerprint density at radius 2 is 1.56 bits per heavy atom. The Hall–Kier alpha value is -1.97. The number of hydrogen-bond donors (Lipinski definition) is 1. The lowest BCUT2D eigenvalue weighted by Crippen LogP contribution is -2.22. The Kier molecular flexibility index (Phi) is 2.81. The van der Waals surface area contributed by atoms with Crippen LogP contribution in [-0.2, 0) is 19.8 Å². The van der Waals surface area contributed by atoms with Gasteiger partial charge in [0.2, 0.25) is 11.7 Å². The van der Waals surface area contributed by atoms with Crippen LogP contribution in [0.5, 0.6) is 0 Å². The molecule has 0 radical (unpaired) electrons. The molecule has 1 fully saturated rings. The third-order valence-electron chi connectivity index (χ3n) is 3.09. The SMILES string of the molecule is CC(C)(C)c1ccc([C@@H]2C(=O)NC(=O)C2=O)cc1. The van der Waals surface area contributed by atoms with Crippen molar-refractivity contribution in [1.82, 2.24) is 5.32 Å². The predicted molar refractivity (Wildman–Crippen MR) is 66.0 cm³/mol. The topological polar surface area (TPSA) is 63.2 Å². The van der Waals surface area contributed by atoms with E-state index in [1.165, 1.54) is 0 Å². The first kappa shape index (κ1) is 12.5. The molecular weight excluding hydrogens is 230 g/mol. The summed E-state index contributed by atoms with van der Waals surface area (Å²) in [5, 5.41) is 2.03. The largest absolute Gasteiger partial charge is 0.295 e. The van der Waals surface area contributed by atoms with Gasteiger partial charge in [-0.1, -0.05) is 45.0 Å². The van der Waals surface area contributed by atoms with Crippen molar-refractivity contribution in [3.63, 3.8) is 0 Å². The Labute approximate surface area is 105 Å². The molecule has 94 valence electrons. The number of ketones is 1. The van der Waals surface area contributed by atoms with Crippen LogP contribution < -0.4 is 5.32 Å². The fourth-order valence-electron chi connectivity index (χ4n) is 1.97. The maximum absolute atomic E-state index is 11.6. The zero-order chi connectivity index (χ0) is 13.5. The van der Waals surface area contributed by atoms with E-state index < -0.39 is 23.5 Å². The van der Waals surface area contributed by atoms with Crippen LogP contribution in [0.4, 0.5) is 0 Å². The van der Waals surface area contributed by atoms with E-state index >= 15 is 0 Å². The van der Waals surface area contributed by atoms with Crippen LogP contribution in [0.2, 0.25) is 0 Å². The number of amides is 2. The van der Waals surface area contributed by atoms with E-state index in [9.17, 15) is 14.4 Å². The molecule has 1 heterocycles. The van der Waals surface area contributed by atoms with Crippen molar-refractivity contribution < 1.29 is 14.4 Å². The average molecular weight is 245 g/mol. The van der Waals surface area contributed by atoms with Gasteiger partial charge in [0.15, 0.2) is 0 Å². The standard InChI is InChI=1S/C14H15NO3/c1-14(2,3)9-6-4-8(5-7-9)10-11(16)13(18)15-12(10)17/h4-7,10H,1-3H3,(H,15,17,18)/t10-/m0/s1. The van der Waals surface area contributed by atoms with Gasteiger partial charge in [-0.05, 0) is 16.5 Å². The van der Waals surface area contributed by atoms with Gasteiger partial charge in [-0.3, -0.25) is 19.7 Å². The summed E-state index contributed by atoms with van der Waals surface area (Å²) in [5.41, 5.74) is 1.69. The van der Waals surface area contributed by atoms with Crippen LogP contribution in [0.3, 0.4) is 0 Å². The van der Waals surface area contributed by atoms with Gasteiger partial charge in [0.25, 0.3) is 5.91 Å². The van der Waals surface area contributed by atoms with Gasteiger partial charge in [0.1, 0.15) is 5.92 Å². The summed E-state index contributed by atoms with van der Waals surface area (Å²) in [4.78, 5) is 34.2. The van der Waals surface area contributed by atoms with Crippen LogP contribution in [-0.4, -0.2) is 17.6 Å². The average Bonchev–Trinajstić information content (AvgIpc) is 2.52. The van der Waals surface area contributed by atoms with Crippen molar-refractivity contribution in [3.8, 4) is 0 Å². The molecule has 0 bridgehead atoms. The molecule has 0 aromatic heterocycles.